The van der Waals surface area contributed by atoms with E-state index in [1.807, 2.05) is 6.92 Å². The molecule has 0 heterocycles. The van der Waals surface area contributed by atoms with E-state index >= 15 is 0 Å². The van der Waals surface area contributed by atoms with E-state index in [9.17, 15) is 23.5 Å². The van der Waals surface area contributed by atoms with E-state index in [1.165, 1.54) is 6.42 Å². The zero-order valence-electron chi connectivity index (χ0n) is 20.3. The number of hydrogen-bond acceptors (Lipinski definition) is 7. The van der Waals surface area contributed by atoms with Crippen molar-refractivity contribution in [1.29, 1.82) is 0 Å². The first-order valence-electron chi connectivity index (χ1n) is 12.7. The summed E-state index contributed by atoms with van der Waals surface area (Å²) in [4.78, 5) is 24.0. The number of ether oxygens (including phenoxy) is 4. The fraction of sp³-hybridized carbons (Fsp3) is 0.920. The Hall–Kier alpha value is -1.32. The molecule has 5 aliphatic carbocycles. The van der Waals surface area contributed by atoms with Crippen LogP contribution < -0.4 is 0 Å². The van der Waals surface area contributed by atoms with Crippen molar-refractivity contribution < 1.29 is 42.4 Å². The lowest BCUT2D eigenvalue weighted by Crippen LogP contribution is -2.67. The molecule has 0 aromatic heterocycles. The molecule has 4 bridgehead atoms. The molecule has 4 unspecified atom stereocenters. The van der Waals surface area contributed by atoms with Crippen molar-refractivity contribution in [1.82, 2.24) is 0 Å². The average Bonchev–Trinajstić information content (AvgIpc) is 2.73. The van der Waals surface area contributed by atoms with Crippen LogP contribution in [0.4, 0.5) is 8.78 Å². The molecule has 0 saturated heterocycles. The molecule has 4 atom stereocenters. The van der Waals surface area contributed by atoms with Crippen LogP contribution in [0.1, 0.15) is 90.9 Å². The number of aliphatic hydroxyl groups is 1. The van der Waals surface area contributed by atoms with Crippen molar-refractivity contribution in [2.75, 3.05) is 19.8 Å². The standard InChI is InChI=1S/C25H38F2O7/c1-3-23(7-5-4-6-8-23)34-19(28)14-33-25-13-18-11-22(30,16-25)15-24(12-18,17-25)32-10-9-31-20(29)21(2,26)27/h18,30H,3-17H2,1-2H3. The molecule has 0 radical (unpaired) electrons. The van der Waals surface area contributed by atoms with Crippen LogP contribution in [0.3, 0.4) is 0 Å². The van der Waals surface area contributed by atoms with Crippen molar-refractivity contribution in [2.24, 2.45) is 5.92 Å². The van der Waals surface area contributed by atoms with Gasteiger partial charge in [0.25, 0.3) is 0 Å². The highest BCUT2D eigenvalue weighted by Gasteiger charge is 2.64. The van der Waals surface area contributed by atoms with E-state index in [2.05, 4.69) is 4.74 Å². The van der Waals surface area contributed by atoms with Gasteiger partial charge in [-0.25, -0.2) is 9.59 Å². The maximum absolute atomic E-state index is 13.0. The number of hydrogen-bond donors (Lipinski definition) is 1. The minimum atomic E-state index is -3.55. The third-order valence-corrected chi connectivity index (χ3v) is 8.26. The zero-order valence-corrected chi connectivity index (χ0v) is 20.3. The zero-order chi connectivity index (χ0) is 24.7. The van der Waals surface area contributed by atoms with Gasteiger partial charge in [0.15, 0.2) is 0 Å². The molecule has 1 N–H and O–H groups in total. The monoisotopic (exact) mass is 488 g/mol. The Morgan fingerprint density at radius 1 is 0.971 bits per heavy atom. The molecule has 9 heteroatoms. The van der Waals surface area contributed by atoms with E-state index in [4.69, 9.17) is 14.2 Å². The molecule has 5 rings (SSSR count). The first kappa shape index (κ1) is 25.8. The smallest absolute Gasteiger partial charge is 0.376 e. The quantitative estimate of drug-likeness (QED) is 0.366. The van der Waals surface area contributed by atoms with Gasteiger partial charge in [-0.05, 0) is 57.3 Å². The third kappa shape index (κ3) is 5.57. The summed E-state index contributed by atoms with van der Waals surface area (Å²) in [5, 5.41) is 11.2. The van der Waals surface area contributed by atoms with Gasteiger partial charge in [-0.1, -0.05) is 13.3 Å². The first-order valence-corrected chi connectivity index (χ1v) is 12.7. The predicted octanol–water partition coefficient (Wildman–Crippen LogP) is 4.08. The van der Waals surface area contributed by atoms with E-state index in [1.54, 1.807) is 0 Å². The lowest BCUT2D eigenvalue weighted by Gasteiger charge is -2.64. The highest BCUT2D eigenvalue weighted by molar-refractivity contribution is 5.76. The second-order valence-corrected chi connectivity index (χ2v) is 11.3. The molecular weight excluding hydrogens is 450 g/mol. The average molecular weight is 489 g/mol. The normalized spacial score (nSPS) is 36.3. The maximum atomic E-state index is 13.0. The number of rotatable bonds is 10. The summed E-state index contributed by atoms with van der Waals surface area (Å²) in [6.07, 6.45) is 9.32. The maximum Gasteiger partial charge on any atom is 0.376 e. The minimum Gasteiger partial charge on any atom is -0.459 e. The number of halogens is 2. The summed E-state index contributed by atoms with van der Waals surface area (Å²) < 4.78 is 48.8. The molecule has 5 saturated carbocycles. The van der Waals surface area contributed by atoms with Crippen molar-refractivity contribution in [3.63, 3.8) is 0 Å². The Morgan fingerprint density at radius 3 is 2.21 bits per heavy atom. The SMILES string of the molecule is CCC1(OC(=O)COC23CC4CC(O)(CC(OCCOC(=O)C(C)(F)F)(C4)C2)C3)CCCCC1. The molecule has 194 valence electrons. The van der Waals surface area contributed by atoms with Crippen molar-refractivity contribution >= 4 is 11.9 Å². The number of carbonyl (C=O) groups is 2. The highest BCUT2D eigenvalue weighted by Crippen LogP contribution is 2.61. The van der Waals surface area contributed by atoms with Crippen molar-refractivity contribution in [3.8, 4) is 0 Å². The molecule has 0 amide bonds. The van der Waals surface area contributed by atoms with Crippen molar-refractivity contribution in [2.45, 2.75) is 119 Å². The molecule has 5 fully saturated rings. The van der Waals surface area contributed by atoms with Crippen LogP contribution in [0.15, 0.2) is 0 Å². The molecular formula is C25H38F2O7. The molecule has 0 aromatic rings. The number of esters is 2. The summed E-state index contributed by atoms with van der Waals surface area (Å²) in [6.45, 7) is 2.06. The fourth-order valence-electron chi connectivity index (χ4n) is 7.26. The van der Waals surface area contributed by atoms with Crippen LogP contribution in [0, 0.1) is 5.92 Å². The molecule has 0 aromatic carbocycles. The van der Waals surface area contributed by atoms with Gasteiger partial charge in [0.05, 0.1) is 23.4 Å². The van der Waals surface area contributed by atoms with Crippen LogP contribution >= 0.6 is 0 Å². The van der Waals surface area contributed by atoms with E-state index in [-0.39, 0.29) is 31.7 Å². The Labute approximate surface area is 199 Å². The van der Waals surface area contributed by atoms with E-state index < -0.39 is 34.3 Å². The Bertz CT molecular complexity index is 778. The van der Waals surface area contributed by atoms with Gasteiger partial charge in [0.1, 0.15) is 18.8 Å². The minimum absolute atomic E-state index is 0.0399. The van der Waals surface area contributed by atoms with Gasteiger partial charge in [-0.2, -0.15) is 8.78 Å². The lowest BCUT2D eigenvalue weighted by molar-refractivity contribution is -0.282. The molecule has 0 spiro atoms. The molecule has 0 aliphatic heterocycles. The van der Waals surface area contributed by atoms with Gasteiger partial charge in [-0.3, -0.25) is 0 Å². The summed E-state index contributed by atoms with van der Waals surface area (Å²) in [6, 6.07) is 0. The van der Waals surface area contributed by atoms with Gasteiger partial charge >= 0.3 is 17.9 Å². The van der Waals surface area contributed by atoms with Gasteiger partial charge < -0.3 is 24.1 Å². The number of alkyl halides is 2. The van der Waals surface area contributed by atoms with Crippen LogP contribution in [-0.2, 0) is 28.5 Å². The van der Waals surface area contributed by atoms with Crippen LogP contribution in [0.25, 0.3) is 0 Å². The largest absolute Gasteiger partial charge is 0.459 e. The molecule has 5 aliphatic rings. The fourth-order valence-corrected chi connectivity index (χ4v) is 7.26. The summed E-state index contributed by atoms with van der Waals surface area (Å²) in [7, 11) is 0. The van der Waals surface area contributed by atoms with E-state index in [0.29, 0.717) is 32.6 Å². The van der Waals surface area contributed by atoms with E-state index in [0.717, 1.165) is 44.9 Å². The second kappa shape index (κ2) is 9.28. The van der Waals surface area contributed by atoms with Gasteiger partial charge in [-0.15, -0.1) is 0 Å². The Kier molecular flexibility index (Phi) is 7.03. The molecule has 34 heavy (non-hydrogen) atoms. The first-order chi connectivity index (χ1) is 15.9. The Morgan fingerprint density at radius 2 is 1.62 bits per heavy atom. The lowest BCUT2D eigenvalue weighted by atomic mass is 9.50. The third-order valence-electron chi connectivity index (χ3n) is 8.26. The van der Waals surface area contributed by atoms with Crippen molar-refractivity contribution in [3.05, 3.63) is 0 Å². The van der Waals surface area contributed by atoms with Crippen LogP contribution in [-0.4, -0.2) is 65.2 Å². The predicted molar refractivity (Wildman–Crippen MR) is 117 cm³/mol. The van der Waals surface area contributed by atoms with Crippen LogP contribution in [0.2, 0.25) is 0 Å². The van der Waals surface area contributed by atoms with Gasteiger partial charge in [0.2, 0.25) is 0 Å². The molecule has 7 nitrogen and oxygen atoms in total. The topological polar surface area (TPSA) is 91.3 Å². The summed E-state index contributed by atoms with van der Waals surface area (Å²) in [5.74, 6) is -5.31. The van der Waals surface area contributed by atoms with Gasteiger partial charge in [0, 0.05) is 26.2 Å². The summed E-state index contributed by atoms with van der Waals surface area (Å²) in [5.41, 5.74) is -2.72. The Balaban J connectivity index is 1.35. The number of carbonyl (C=O) groups excluding carboxylic acids is 2. The highest BCUT2D eigenvalue weighted by atomic mass is 19.3. The second-order valence-electron chi connectivity index (χ2n) is 11.3. The van der Waals surface area contributed by atoms with Crippen LogP contribution in [0.5, 0.6) is 0 Å². The summed E-state index contributed by atoms with van der Waals surface area (Å²) >= 11 is 0.